The molecule has 0 aromatic carbocycles. The number of carbonyl (C=O) groups is 2. The van der Waals surface area contributed by atoms with E-state index < -0.39 is 24.0 Å². The highest BCUT2D eigenvalue weighted by Gasteiger charge is 2.28. The molecule has 5 nitrogen and oxygen atoms in total. The average Bonchev–Trinajstić information content (AvgIpc) is 2.64. The van der Waals surface area contributed by atoms with Gasteiger partial charge in [0.1, 0.15) is 12.1 Å². The Bertz CT molecular complexity index is 225. The number of methoxy groups -OCH3 is 2. The zero-order valence-corrected chi connectivity index (χ0v) is 7.44. The monoisotopic (exact) mass is 185 g/mol. The van der Waals surface area contributed by atoms with Gasteiger partial charge in [-0.05, 0) is 0 Å². The molecule has 1 rings (SSSR count). The van der Waals surface area contributed by atoms with Gasteiger partial charge >= 0.3 is 11.9 Å². The highest BCUT2D eigenvalue weighted by molar-refractivity contribution is 5.84. The highest BCUT2D eigenvalue weighted by Crippen LogP contribution is 2.05. The maximum Gasteiger partial charge on any atom is 0.326 e. The zero-order valence-electron chi connectivity index (χ0n) is 7.44. The van der Waals surface area contributed by atoms with Crippen LogP contribution in [0.5, 0.6) is 0 Å². The molecule has 5 heteroatoms. The van der Waals surface area contributed by atoms with Crippen LogP contribution in [0.25, 0.3) is 0 Å². The van der Waals surface area contributed by atoms with Crippen molar-refractivity contribution in [3.05, 3.63) is 12.2 Å². The molecule has 0 radical (unpaired) electrons. The summed E-state index contributed by atoms with van der Waals surface area (Å²) in [4.78, 5) is 22.0. The fraction of sp³-hybridized carbons (Fsp3) is 0.500. The quantitative estimate of drug-likeness (QED) is 0.452. The highest BCUT2D eigenvalue weighted by atomic mass is 16.5. The molecule has 0 aromatic heterocycles. The first kappa shape index (κ1) is 9.73. The lowest BCUT2D eigenvalue weighted by molar-refractivity contribution is -0.143. The second kappa shape index (κ2) is 4.04. The second-order valence-corrected chi connectivity index (χ2v) is 2.55. The third-order valence-electron chi connectivity index (χ3n) is 1.77. The van der Waals surface area contributed by atoms with Crippen LogP contribution in [-0.2, 0) is 19.1 Å². The minimum atomic E-state index is -0.547. The second-order valence-electron chi connectivity index (χ2n) is 2.55. The number of hydrogen-bond acceptors (Lipinski definition) is 5. The number of hydrogen-bond donors (Lipinski definition) is 1. The number of esters is 2. The molecular formula is C8H11NO4. The third kappa shape index (κ3) is 2.06. The van der Waals surface area contributed by atoms with Crippen molar-refractivity contribution in [3.8, 4) is 0 Å². The van der Waals surface area contributed by atoms with Crippen molar-refractivity contribution >= 4 is 11.9 Å². The van der Waals surface area contributed by atoms with Gasteiger partial charge in [0.05, 0.1) is 14.2 Å². The van der Waals surface area contributed by atoms with E-state index in [-0.39, 0.29) is 0 Å². The van der Waals surface area contributed by atoms with Crippen molar-refractivity contribution < 1.29 is 19.1 Å². The molecule has 0 amide bonds. The summed E-state index contributed by atoms with van der Waals surface area (Å²) in [6.45, 7) is 0. The molecule has 13 heavy (non-hydrogen) atoms. The number of nitrogens with one attached hydrogen (secondary N) is 1. The van der Waals surface area contributed by atoms with Gasteiger partial charge in [-0.3, -0.25) is 14.9 Å². The van der Waals surface area contributed by atoms with Crippen LogP contribution in [0, 0.1) is 0 Å². The van der Waals surface area contributed by atoms with E-state index in [0.717, 1.165) is 0 Å². The molecule has 0 fully saturated rings. The van der Waals surface area contributed by atoms with Crippen molar-refractivity contribution in [2.45, 2.75) is 12.1 Å². The summed E-state index contributed by atoms with van der Waals surface area (Å²) in [6, 6.07) is -1.09. The molecule has 0 aliphatic carbocycles. The summed E-state index contributed by atoms with van der Waals surface area (Å²) in [5, 5.41) is 2.73. The van der Waals surface area contributed by atoms with Gasteiger partial charge in [-0.25, -0.2) is 0 Å². The van der Waals surface area contributed by atoms with Gasteiger partial charge in [0.25, 0.3) is 0 Å². The molecule has 0 aromatic rings. The summed E-state index contributed by atoms with van der Waals surface area (Å²) >= 11 is 0. The predicted molar refractivity (Wildman–Crippen MR) is 43.9 cm³/mol. The van der Waals surface area contributed by atoms with Crippen molar-refractivity contribution in [2.24, 2.45) is 0 Å². The molecule has 72 valence electrons. The minimum Gasteiger partial charge on any atom is -0.468 e. The molecule has 2 atom stereocenters. The van der Waals surface area contributed by atoms with Gasteiger partial charge in [-0.1, -0.05) is 12.2 Å². The van der Waals surface area contributed by atoms with E-state index in [0.29, 0.717) is 0 Å². The normalized spacial score (nSPS) is 25.7. The van der Waals surface area contributed by atoms with Crippen LogP contribution < -0.4 is 5.32 Å². The molecule has 0 unspecified atom stereocenters. The average molecular weight is 185 g/mol. The van der Waals surface area contributed by atoms with E-state index in [2.05, 4.69) is 14.8 Å². The van der Waals surface area contributed by atoms with Crippen LogP contribution in [0.4, 0.5) is 0 Å². The summed E-state index contributed by atoms with van der Waals surface area (Å²) in [7, 11) is 2.59. The van der Waals surface area contributed by atoms with Crippen LogP contribution >= 0.6 is 0 Å². The van der Waals surface area contributed by atoms with Gasteiger partial charge < -0.3 is 9.47 Å². The van der Waals surface area contributed by atoms with Crippen LogP contribution in [0.15, 0.2) is 12.2 Å². The molecule has 1 aliphatic heterocycles. The van der Waals surface area contributed by atoms with Gasteiger partial charge in [0.2, 0.25) is 0 Å². The largest absolute Gasteiger partial charge is 0.468 e. The van der Waals surface area contributed by atoms with Crippen molar-refractivity contribution in [3.63, 3.8) is 0 Å². The first-order chi connectivity index (χ1) is 6.19. The molecule has 1 aliphatic rings. The zero-order chi connectivity index (χ0) is 9.84. The van der Waals surface area contributed by atoms with Crippen LogP contribution in [-0.4, -0.2) is 38.2 Å². The van der Waals surface area contributed by atoms with Crippen LogP contribution in [0.1, 0.15) is 0 Å². The summed E-state index contributed by atoms with van der Waals surface area (Å²) < 4.78 is 8.98. The SMILES string of the molecule is COC(=O)[C@@H]1C=C[C@H](C(=O)OC)N1. The molecule has 1 N–H and O–H groups in total. The minimum absolute atomic E-state index is 0.414. The predicted octanol–water partition coefficient (Wildman–Crippen LogP) is -0.771. The lowest BCUT2D eigenvalue weighted by Gasteiger charge is -2.10. The first-order valence-corrected chi connectivity index (χ1v) is 3.79. The van der Waals surface area contributed by atoms with Crippen molar-refractivity contribution in [2.75, 3.05) is 14.2 Å². The number of ether oxygens (including phenoxy) is 2. The Hall–Kier alpha value is -1.36. The maximum absolute atomic E-state index is 11.0. The smallest absolute Gasteiger partial charge is 0.326 e. The Morgan fingerprint density at radius 1 is 1.08 bits per heavy atom. The topological polar surface area (TPSA) is 64.6 Å². The van der Waals surface area contributed by atoms with Gasteiger partial charge in [-0.15, -0.1) is 0 Å². The molecule has 0 saturated heterocycles. The van der Waals surface area contributed by atoms with Gasteiger partial charge in [0.15, 0.2) is 0 Å². The molecule has 1 heterocycles. The van der Waals surface area contributed by atoms with E-state index in [9.17, 15) is 9.59 Å². The van der Waals surface area contributed by atoms with Gasteiger partial charge in [0, 0.05) is 0 Å². The fourth-order valence-electron chi connectivity index (χ4n) is 1.07. The summed E-state index contributed by atoms with van der Waals surface area (Å²) in [5.74, 6) is -0.828. The Balaban J connectivity index is 2.51. The number of carbonyl (C=O) groups excluding carboxylic acids is 2. The summed E-state index contributed by atoms with van der Waals surface area (Å²) in [6.07, 6.45) is 3.15. The standard InChI is InChI=1S/C8H11NO4/c1-12-7(10)5-3-4-6(9-5)8(11)13-2/h3-6,9H,1-2H3/t5-,6+. The van der Waals surface area contributed by atoms with Crippen LogP contribution in [0.2, 0.25) is 0 Å². The Morgan fingerprint density at radius 3 is 1.77 bits per heavy atom. The lowest BCUT2D eigenvalue weighted by Crippen LogP contribution is -2.41. The van der Waals surface area contributed by atoms with E-state index in [1.54, 1.807) is 12.2 Å². The van der Waals surface area contributed by atoms with E-state index >= 15 is 0 Å². The Morgan fingerprint density at radius 2 is 1.46 bits per heavy atom. The molecule has 0 bridgehead atoms. The maximum atomic E-state index is 11.0. The fourth-order valence-corrected chi connectivity index (χ4v) is 1.07. The van der Waals surface area contributed by atoms with E-state index in [1.165, 1.54) is 14.2 Å². The van der Waals surface area contributed by atoms with Crippen molar-refractivity contribution in [1.29, 1.82) is 0 Å². The summed E-state index contributed by atoms with van der Waals surface area (Å²) in [5.41, 5.74) is 0. The van der Waals surface area contributed by atoms with Crippen molar-refractivity contribution in [1.82, 2.24) is 5.32 Å². The van der Waals surface area contributed by atoms with Gasteiger partial charge in [-0.2, -0.15) is 0 Å². The third-order valence-corrected chi connectivity index (χ3v) is 1.77. The molecule has 0 saturated carbocycles. The lowest BCUT2D eigenvalue weighted by atomic mass is 10.3. The van der Waals surface area contributed by atoms with Crippen LogP contribution in [0.3, 0.4) is 0 Å². The first-order valence-electron chi connectivity index (χ1n) is 3.79. The molecular weight excluding hydrogens is 174 g/mol. The number of rotatable bonds is 2. The van der Waals surface area contributed by atoms with E-state index in [4.69, 9.17) is 0 Å². The molecule has 0 spiro atoms. The Kier molecular flexibility index (Phi) is 3.02. The Labute approximate surface area is 75.7 Å². The van der Waals surface area contributed by atoms with E-state index in [1.807, 2.05) is 0 Å².